The molecule has 14 heavy (non-hydrogen) atoms. The van der Waals surface area contributed by atoms with Crippen LogP contribution in [0.3, 0.4) is 0 Å². The molecule has 0 saturated heterocycles. The van der Waals surface area contributed by atoms with Crippen LogP contribution < -0.4 is 0 Å². The van der Waals surface area contributed by atoms with E-state index in [-0.39, 0.29) is 6.10 Å². The Labute approximate surface area is 83.6 Å². The number of rotatable bonds is 3. The van der Waals surface area contributed by atoms with Crippen LogP contribution in [0.5, 0.6) is 0 Å². The van der Waals surface area contributed by atoms with Gasteiger partial charge in [0, 0.05) is 7.05 Å². The van der Waals surface area contributed by atoms with Gasteiger partial charge in [0.05, 0.1) is 6.10 Å². The fraction of sp³-hybridized carbons (Fsp3) is 0.778. The molecular formula is C9H17NO4. The van der Waals surface area contributed by atoms with Gasteiger partial charge in [0.1, 0.15) is 5.54 Å². The average molecular weight is 203 g/mol. The maximum Gasteiger partial charge on any atom is 0.410 e. The molecule has 0 aliphatic heterocycles. The number of aliphatic carboxylic acids is 1. The number of likely N-dealkylation sites (N-methyl/N-ethyl adjacent to an activating group) is 1. The van der Waals surface area contributed by atoms with Gasteiger partial charge in [0.2, 0.25) is 0 Å². The molecule has 0 aliphatic rings. The van der Waals surface area contributed by atoms with Crippen molar-refractivity contribution in [3.63, 3.8) is 0 Å². The lowest BCUT2D eigenvalue weighted by Crippen LogP contribution is -2.51. The second-order valence-electron chi connectivity index (χ2n) is 3.86. The summed E-state index contributed by atoms with van der Waals surface area (Å²) in [7, 11) is 1.40. The molecule has 82 valence electrons. The van der Waals surface area contributed by atoms with Gasteiger partial charge in [-0.15, -0.1) is 0 Å². The normalized spacial score (nSPS) is 11.3. The van der Waals surface area contributed by atoms with Gasteiger partial charge in [-0.25, -0.2) is 9.59 Å². The molecule has 0 aromatic heterocycles. The summed E-state index contributed by atoms with van der Waals surface area (Å²) in [5.41, 5.74) is -1.26. The quantitative estimate of drug-likeness (QED) is 0.751. The number of carboxylic acid groups (broad SMARTS) is 1. The molecule has 0 bridgehead atoms. The Hall–Kier alpha value is -1.26. The molecule has 0 radical (unpaired) electrons. The lowest BCUT2D eigenvalue weighted by Gasteiger charge is -2.31. The molecule has 1 amide bonds. The predicted octanol–water partition coefficient (Wildman–Crippen LogP) is 1.33. The highest BCUT2D eigenvalue weighted by Gasteiger charge is 2.36. The summed E-state index contributed by atoms with van der Waals surface area (Å²) in [6, 6.07) is 0. The van der Waals surface area contributed by atoms with E-state index < -0.39 is 17.6 Å². The fourth-order valence-corrected chi connectivity index (χ4v) is 0.652. The van der Waals surface area contributed by atoms with Crippen molar-refractivity contribution in [1.82, 2.24) is 4.90 Å². The van der Waals surface area contributed by atoms with E-state index in [0.717, 1.165) is 4.90 Å². The minimum absolute atomic E-state index is 0.255. The zero-order valence-corrected chi connectivity index (χ0v) is 9.20. The fourth-order valence-electron chi connectivity index (χ4n) is 0.652. The highest BCUT2D eigenvalue weighted by atomic mass is 16.6. The van der Waals surface area contributed by atoms with Crippen LogP contribution >= 0.6 is 0 Å². The van der Waals surface area contributed by atoms with E-state index in [4.69, 9.17) is 9.84 Å². The summed E-state index contributed by atoms with van der Waals surface area (Å²) >= 11 is 0. The molecule has 5 heteroatoms. The minimum Gasteiger partial charge on any atom is -0.480 e. The number of carbonyl (C=O) groups is 2. The van der Waals surface area contributed by atoms with Crippen LogP contribution in [0.4, 0.5) is 4.79 Å². The van der Waals surface area contributed by atoms with Gasteiger partial charge < -0.3 is 9.84 Å². The van der Waals surface area contributed by atoms with Crippen molar-refractivity contribution in [3.8, 4) is 0 Å². The molecule has 0 rings (SSSR count). The van der Waals surface area contributed by atoms with E-state index in [0.29, 0.717) is 0 Å². The van der Waals surface area contributed by atoms with Crippen molar-refractivity contribution in [1.29, 1.82) is 0 Å². The molecule has 0 atom stereocenters. The van der Waals surface area contributed by atoms with Gasteiger partial charge in [-0.05, 0) is 27.7 Å². The Kier molecular flexibility index (Phi) is 3.92. The second-order valence-corrected chi connectivity index (χ2v) is 3.86. The number of amides is 1. The molecular weight excluding hydrogens is 186 g/mol. The SMILES string of the molecule is CC(C)OC(=O)N(C)C(C)(C)C(=O)O. The molecule has 0 saturated carbocycles. The van der Waals surface area contributed by atoms with Crippen molar-refractivity contribution in [3.05, 3.63) is 0 Å². The molecule has 0 unspecified atom stereocenters. The summed E-state index contributed by atoms with van der Waals surface area (Å²) < 4.78 is 4.87. The summed E-state index contributed by atoms with van der Waals surface area (Å²) in [6.07, 6.45) is -0.887. The lowest BCUT2D eigenvalue weighted by atomic mass is 10.1. The van der Waals surface area contributed by atoms with Crippen molar-refractivity contribution in [2.24, 2.45) is 0 Å². The molecule has 5 nitrogen and oxygen atoms in total. The second kappa shape index (κ2) is 4.30. The molecule has 0 spiro atoms. The van der Waals surface area contributed by atoms with Gasteiger partial charge in [0.15, 0.2) is 0 Å². The number of ether oxygens (including phenoxy) is 1. The van der Waals surface area contributed by atoms with E-state index in [9.17, 15) is 9.59 Å². The third kappa shape index (κ3) is 2.90. The Bertz CT molecular complexity index is 235. The number of hydrogen-bond acceptors (Lipinski definition) is 3. The first kappa shape index (κ1) is 12.7. The first-order valence-corrected chi connectivity index (χ1v) is 4.37. The number of hydrogen-bond donors (Lipinski definition) is 1. The Morgan fingerprint density at radius 1 is 1.36 bits per heavy atom. The van der Waals surface area contributed by atoms with Crippen molar-refractivity contribution < 1.29 is 19.4 Å². The smallest absolute Gasteiger partial charge is 0.410 e. The Morgan fingerprint density at radius 3 is 2.07 bits per heavy atom. The minimum atomic E-state index is -1.26. The summed E-state index contributed by atoms with van der Waals surface area (Å²) in [5, 5.41) is 8.85. The maximum absolute atomic E-state index is 11.3. The third-order valence-corrected chi connectivity index (χ3v) is 1.97. The van der Waals surface area contributed by atoms with E-state index in [1.54, 1.807) is 13.8 Å². The highest BCUT2D eigenvalue weighted by Crippen LogP contribution is 2.14. The van der Waals surface area contributed by atoms with E-state index in [2.05, 4.69) is 0 Å². The number of carboxylic acids is 1. The van der Waals surface area contributed by atoms with Crippen molar-refractivity contribution in [2.75, 3.05) is 7.05 Å². The van der Waals surface area contributed by atoms with Crippen LogP contribution in [0.25, 0.3) is 0 Å². The molecule has 0 aliphatic carbocycles. The molecule has 0 heterocycles. The van der Waals surface area contributed by atoms with Crippen molar-refractivity contribution >= 4 is 12.1 Å². The zero-order chi connectivity index (χ0) is 11.5. The third-order valence-electron chi connectivity index (χ3n) is 1.97. The monoisotopic (exact) mass is 203 g/mol. The lowest BCUT2D eigenvalue weighted by molar-refractivity contribution is -0.147. The van der Waals surface area contributed by atoms with Crippen LogP contribution in [-0.2, 0) is 9.53 Å². The van der Waals surface area contributed by atoms with Gasteiger partial charge >= 0.3 is 12.1 Å². The molecule has 1 N–H and O–H groups in total. The number of carbonyl (C=O) groups excluding carboxylic acids is 1. The first-order valence-electron chi connectivity index (χ1n) is 4.37. The van der Waals surface area contributed by atoms with Crippen LogP contribution in [0, 0.1) is 0 Å². The van der Waals surface area contributed by atoms with Crippen LogP contribution in [0.15, 0.2) is 0 Å². The summed E-state index contributed by atoms with van der Waals surface area (Å²) in [4.78, 5) is 23.2. The Balaban J connectivity index is 4.53. The van der Waals surface area contributed by atoms with E-state index in [1.807, 2.05) is 0 Å². The average Bonchev–Trinajstić information content (AvgIpc) is 2.01. The highest BCUT2D eigenvalue weighted by molar-refractivity contribution is 5.83. The van der Waals surface area contributed by atoms with E-state index in [1.165, 1.54) is 20.9 Å². The van der Waals surface area contributed by atoms with Crippen LogP contribution in [-0.4, -0.2) is 40.8 Å². The maximum atomic E-state index is 11.3. The van der Waals surface area contributed by atoms with Gasteiger partial charge in [-0.2, -0.15) is 0 Å². The first-order chi connectivity index (χ1) is 6.19. The zero-order valence-electron chi connectivity index (χ0n) is 9.20. The van der Waals surface area contributed by atoms with E-state index >= 15 is 0 Å². The van der Waals surface area contributed by atoms with Crippen LogP contribution in [0.2, 0.25) is 0 Å². The number of nitrogens with zero attached hydrogens (tertiary/aromatic N) is 1. The topological polar surface area (TPSA) is 66.8 Å². The predicted molar refractivity (Wildman–Crippen MR) is 51.1 cm³/mol. The van der Waals surface area contributed by atoms with Gasteiger partial charge in [-0.1, -0.05) is 0 Å². The standard InChI is InChI=1S/C9H17NO4/c1-6(2)14-8(13)10(5)9(3,4)7(11)12/h6H,1-5H3,(H,11,12). The molecule has 0 aromatic rings. The molecule has 0 fully saturated rings. The summed E-state index contributed by atoms with van der Waals surface area (Å²) in [5.74, 6) is -1.07. The van der Waals surface area contributed by atoms with Gasteiger partial charge in [0.25, 0.3) is 0 Å². The van der Waals surface area contributed by atoms with Crippen LogP contribution in [0.1, 0.15) is 27.7 Å². The van der Waals surface area contributed by atoms with Crippen molar-refractivity contribution in [2.45, 2.75) is 39.3 Å². The summed E-state index contributed by atoms with van der Waals surface area (Å²) in [6.45, 7) is 6.30. The molecule has 0 aromatic carbocycles. The van der Waals surface area contributed by atoms with Gasteiger partial charge in [-0.3, -0.25) is 4.90 Å². The largest absolute Gasteiger partial charge is 0.480 e. The Morgan fingerprint density at radius 2 is 1.79 bits per heavy atom.